The van der Waals surface area contributed by atoms with Crippen molar-refractivity contribution in [2.75, 3.05) is 5.32 Å². The minimum atomic E-state index is -3.35. The normalized spacial score (nSPS) is 12.7. The van der Waals surface area contributed by atoms with E-state index in [2.05, 4.69) is 20.5 Å². The van der Waals surface area contributed by atoms with Gasteiger partial charge in [0.05, 0.1) is 16.9 Å². The van der Waals surface area contributed by atoms with Gasteiger partial charge in [0.2, 0.25) is 5.91 Å². The summed E-state index contributed by atoms with van der Waals surface area (Å²) in [5, 5.41) is 8.99. The number of rotatable bonds is 8. The quantitative estimate of drug-likeness (QED) is 0.244. The Kier molecular flexibility index (Phi) is 7.62. The first-order valence-corrected chi connectivity index (χ1v) is 12.1. The second-order valence-electron chi connectivity index (χ2n) is 8.31. The van der Waals surface area contributed by atoms with E-state index in [1.54, 1.807) is 14.0 Å². The Bertz CT molecular complexity index is 1600. The van der Waals surface area contributed by atoms with Crippen LogP contribution in [-0.2, 0) is 11.8 Å². The Balaban J connectivity index is 1.90. The lowest BCUT2D eigenvalue weighted by atomic mass is 10.0. The molecule has 0 aliphatic heterocycles. The van der Waals surface area contributed by atoms with E-state index in [-0.39, 0.29) is 26.3 Å². The molecule has 9 nitrogen and oxygen atoms in total. The van der Waals surface area contributed by atoms with Gasteiger partial charge in [0, 0.05) is 23.7 Å². The predicted molar refractivity (Wildman–Crippen MR) is 131 cm³/mol. The largest absolute Gasteiger partial charge is 0.365 e. The third-order valence-corrected chi connectivity index (χ3v) is 7.46. The van der Waals surface area contributed by atoms with Crippen molar-refractivity contribution < 1.29 is 35.9 Å². The van der Waals surface area contributed by atoms with E-state index in [0.717, 1.165) is 13.0 Å². The lowest BCUT2D eigenvalue weighted by Gasteiger charge is -2.16. The maximum Gasteiger partial charge on any atom is 0.283 e. The van der Waals surface area contributed by atoms with Crippen LogP contribution in [0.15, 0.2) is 12.3 Å². The standard InChI is InChI=1S/C22H18ClF6N7O2S/c1-6-9(5-31-35(6)3)8-4-10(17(24)25)32-22-11(8)13(16(39-22)20(30)37)33-21(38)7(2)36-15(19(28)29)12(23)14(34-36)18(26)27/h4-5,7,17-19H,1-3H3,(H2,30,37)(H,33,38). The molecule has 0 radical (unpaired) electrons. The molecule has 0 bridgehead atoms. The van der Waals surface area contributed by atoms with Crippen molar-refractivity contribution in [3.8, 4) is 11.1 Å². The molecule has 3 N–H and O–H groups in total. The molecule has 4 aromatic heterocycles. The van der Waals surface area contributed by atoms with Crippen molar-refractivity contribution in [1.82, 2.24) is 24.5 Å². The number of carbonyl (C=O) groups excluding carboxylic acids is 2. The lowest BCUT2D eigenvalue weighted by Crippen LogP contribution is -2.27. The third kappa shape index (κ3) is 4.93. The van der Waals surface area contributed by atoms with Gasteiger partial charge in [0.1, 0.15) is 32.8 Å². The third-order valence-electron chi connectivity index (χ3n) is 5.97. The molecule has 4 rings (SSSR count). The van der Waals surface area contributed by atoms with Crippen LogP contribution in [0, 0.1) is 6.92 Å². The van der Waals surface area contributed by atoms with Crippen LogP contribution in [0.5, 0.6) is 0 Å². The first-order chi connectivity index (χ1) is 18.2. The summed E-state index contributed by atoms with van der Waals surface area (Å²) in [6.45, 7) is 2.75. The van der Waals surface area contributed by atoms with Gasteiger partial charge in [-0.3, -0.25) is 14.3 Å². The Hall–Kier alpha value is -3.66. The van der Waals surface area contributed by atoms with Crippen LogP contribution in [0.1, 0.15) is 64.7 Å². The average Bonchev–Trinajstić information content (AvgIpc) is 3.51. The van der Waals surface area contributed by atoms with Gasteiger partial charge in [-0.05, 0) is 25.5 Å². The number of nitrogens with one attached hydrogen (secondary N) is 1. The van der Waals surface area contributed by atoms with E-state index in [1.165, 1.54) is 10.9 Å². The summed E-state index contributed by atoms with van der Waals surface area (Å²) >= 11 is 6.32. The van der Waals surface area contributed by atoms with E-state index in [4.69, 9.17) is 17.3 Å². The van der Waals surface area contributed by atoms with E-state index in [1.807, 2.05) is 0 Å². The number of thiophene rings is 1. The monoisotopic (exact) mass is 593 g/mol. The number of aromatic nitrogens is 5. The highest BCUT2D eigenvalue weighted by Gasteiger charge is 2.33. The number of primary amides is 1. The highest BCUT2D eigenvalue weighted by molar-refractivity contribution is 7.21. The molecule has 2 amide bonds. The number of hydrogen-bond acceptors (Lipinski definition) is 6. The fraction of sp³-hybridized carbons (Fsp3) is 0.318. The Labute approximate surface area is 224 Å². The summed E-state index contributed by atoms with van der Waals surface area (Å²) < 4.78 is 83.1. The topological polar surface area (TPSA) is 121 Å². The molecule has 0 fully saturated rings. The molecule has 0 aliphatic rings. The van der Waals surface area contributed by atoms with Crippen LogP contribution < -0.4 is 11.1 Å². The number of nitrogens with zero attached hydrogens (tertiary/aromatic N) is 5. The molecule has 208 valence electrons. The number of pyridine rings is 1. The van der Waals surface area contributed by atoms with Crippen molar-refractivity contribution in [1.29, 1.82) is 0 Å². The Morgan fingerprint density at radius 2 is 1.77 bits per heavy atom. The van der Waals surface area contributed by atoms with E-state index >= 15 is 0 Å². The van der Waals surface area contributed by atoms with Crippen LogP contribution >= 0.6 is 22.9 Å². The zero-order chi connectivity index (χ0) is 28.9. The molecule has 0 aliphatic carbocycles. The Morgan fingerprint density at radius 3 is 2.28 bits per heavy atom. The maximum absolute atomic E-state index is 13.7. The predicted octanol–water partition coefficient (Wildman–Crippen LogP) is 5.97. The van der Waals surface area contributed by atoms with Crippen molar-refractivity contribution in [2.24, 2.45) is 12.8 Å². The maximum atomic E-state index is 13.7. The van der Waals surface area contributed by atoms with Crippen molar-refractivity contribution >= 4 is 50.7 Å². The van der Waals surface area contributed by atoms with Gasteiger partial charge in [-0.2, -0.15) is 10.2 Å². The van der Waals surface area contributed by atoms with Crippen LogP contribution in [-0.4, -0.2) is 36.4 Å². The number of nitrogens with two attached hydrogens (primary N) is 1. The summed E-state index contributed by atoms with van der Waals surface area (Å²) in [6, 6.07) is -0.559. The second kappa shape index (κ2) is 10.5. The number of halogens is 7. The SMILES string of the molecule is Cc1c(-c2cc(C(F)F)nc3sc(C(N)=O)c(NC(=O)C(C)n4nc(C(F)F)c(Cl)c4C(F)F)c23)cnn1C. The smallest absolute Gasteiger partial charge is 0.283 e. The highest BCUT2D eigenvalue weighted by atomic mass is 35.5. The number of anilines is 1. The van der Waals surface area contributed by atoms with E-state index in [9.17, 15) is 35.9 Å². The molecule has 17 heteroatoms. The molecule has 0 spiro atoms. The number of hydrogen-bond donors (Lipinski definition) is 2. The van der Waals surface area contributed by atoms with Crippen molar-refractivity contribution in [3.05, 3.63) is 44.9 Å². The molecule has 1 unspecified atom stereocenters. The first-order valence-electron chi connectivity index (χ1n) is 10.9. The number of aryl methyl sites for hydroxylation is 1. The summed E-state index contributed by atoms with van der Waals surface area (Å²) in [4.78, 5) is 29.1. The van der Waals surface area contributed by atoms with Gasteiger partial charge >= 0.3 is 0 Å². The minimum absolute atomic E-state index is 0.0655. The van der Waals surface area contributed by atoms with Crippen LogP contribution in [0.3, 0.4) is 0 Å². The lowest BCUT2D eigenvalue weighted by molar-refractivity contribution is -0.119. The molecule has 1 atom stereocenters. The van der Waals surface area contributed by atoms with Gasteiger partial charge in [0.25, 0.3) is 25.2 Å². The number of alkyl halides is 6. The van der Waals surface area contributed by atoms with Crippen LogP contribution in [0.4, 0.5) is 32.0 Å². The molecular formula is C22H18ClF6N7O2S. The van der Waals surface area contributed by atoms with Gasteiger partial charge < -0.3 is 11.1 Å². The molecule has 4 heterocycles. The van der Waals surface area contributed by atoms with E-state index in [0.29, 0.717) is 27.3 Å². The average molecular weight is 594 g/mol. The fourth-order valence-corrected chi connectivity index (χ4v) is 5.22. The fourth-order valence-electron chi connectivity index (χ4n) is 3.91. The van der Waals surface area contributed by atoms with Crippen molar-refractivity contribution in [3.63, 3.8) is 0 Å². The number of carbonyl (C=O) groups is 2. The van der Waals surface area contributed by atoms with Crippen LogP contribution in [0.2, 0.25) is 5.02 Å². The first kappa shape index (κ1) is 28.4. The van der Waals surface area contributed by atoms with Gasteiger partial charge in [-0.15, -0.1) is 11.3 Å². The molecular weight excluding hydrogens is 576 g/mol. The van der Waals surface area contributed by atoms with Crippen molar-refractivity contribution in [2.45, 2.75) is 39.2 Å². The van der Waals surface area contributed by atoms with Crippen LogP contribution in [0.25, 0.3) is 21.3 Å². The summed E-state index contributed by atoms with van der Waals surface area (Å²) in [6.07, 6.45) is -8.24. The number of fused-ring (bicyclic) bond motifs is 1. The summed E-state index contributed by atoms with van der Waals surface area (Å²) in [5.41, 5.74) is 3.49. The highest BCUT2D eigenvalue weighted by Crippen LogP contribution is 2.44. The second-order valence-corrected chi connectivity index (χ2v) is 9.69. The minimum Gasteiger partial charge on any atom is -0.365 e. The molecule has 39 heavy (non-hydrogen) atoms. The zero-order valence-electron chi connectivity index (χ0n) is 20.1. The summed E-state index contributed by atoms with van der Waals surface area (Å²) in [7, 11) is 1.61. The van der Waals surface area contributed by atoms with Gasteiger partial charge in [-0.1, -0.05) is 11.6 Å². The van der Waals surface area contributed by atoms with Gasteiger partial charge in [-0.25, -0.2) is 36.0 Å². The molecule has 4 aromatic rings. The molecule has 0 aromatic carbocycles. The number of amides is 2. The zero-order valence-corrected chi connectivity index (χ0v) is 21.7. The molecule has 0 saturated carbocycles. The summed E-state index contributed by atoms with van der Waals surface area (Å²) in [5.74, 6) is -2.10. The van der Waals surface area contributed by atoms with Gasteiger partial charge in [0.15, 0.2) is 0 Å². The molecule has 0 saturated heterocycles. The van der Waals surface area contributed by atoms with E-state index < -0.39 is 59.2 Å². The Morgan fingerprint density at radius 1 is 1.10 bits per heavy atom.